The van der Waals surface area contributed by atoms with Crippen molar-refractivity contribution in [3.8, 4) is 17.5 Å². The molecule has 0 bridgehead atoms. The molecule has 0 radical (unpaired) electrons. The minimum absolute atomic E-state index is 0.235. The fraction of sp³-hybridized carbons (Fsp3) is 0.182. The molecule has 1 aliphatic rings. The van der Waals surface area contributed by atoms with Gasteiger partial charge in [-0.05, 0) is 49.1 Å². The fourth-order valence-electron chi connectivity index (χ4n) is 3.43. The van der Waals surface area contributed by atoms with Gasteiger partial charge in [-0.25, -0.2) is 4.68 Å². The van der Waals surface area contributed by atoms with Crippen LogP contribution >= 0.6 is 0 Å². The maximum Gasteiger partial charge on any atom is 0.269 e. The van der Waals surface area contributed by atoms with Gasteiger partial charge in [-0.15, -0.1) is 0 Å². The van der Waals surface area contributed by atoms with Crippen LogP contribution < -0.4 is 5.73 Å². The number of carbonyl (C=O) groups excluding carboxylic acids is 1. The van der Waals surface area contributed by atoms with Gasteiger partial charge in [-0.3, -0.25) is 4.79 Å². The van der Waals surface area contributed by atoms with E-state index in [0.29, 0.717) is 11.8 Å². The number of aromatic nitrogens is 2. The Kier molecular flexibility index (Phi) is 4.06. The Morgan fingerprint density at radius 3 is 2.81 bits per heavy atom. The summed E-state index contributed by atoms with van der Waals surface area (Å²) in [5.41, 5.74) is 7.69. The van der Waals surface area contributed by atoms with Crippen LogP contribution in [0.1, 0.15) is 35.3 Å². The second kappa shape index (κ2) is 6.42. The molecule has 1 saturated carbocycles. The van der Waals surface area contributed by atoms with E-state index in [9.17, 15) is 9.90 Å². The Morgan fingerprint density at radius 2 is 2.07 bits per heavy atom. The van der Waals surface area contributed by atoms with Crippen LogP contribution in [-0.4, -0.2) is 26.4 Å². The summed E-state index contributed by atoms with van der Waals surface area (Å²) in [7, 11) is 0. The molecule has 0 saturated heterocycles. The topological polar surface area (TPSA) is 81.1 Å². The Morgan fingerprint density at radius 1 is 1.26 bits per heavy atom. The van der Waals surface area contributed by atoms with Crippen LogP contribution in [0.4, 0.5) is 0 Å². The summed E-state index contributed by atoms with van der Waals surface area (Å²) in [6, 6.07) is 14.9. The molecule has 1 fully saturated rings. The summed E-state index contributed by atoms with van der Waals surface area (Å²) in [6.07, 6.45) is 2.32. The lowest BCUT2D eigenvalue weighted by Crippen LogP contribution is -2.23. The zero-order valence-electron chi connectivity index (χ0n) is 14.8. The van der Waals surface area contributed by atoms with Gasteiger partial charge in [0.15, 0.2) is 5.69 Å². The number of nitrogens with zero attached hydrogens (tertiary/aromatic N) is 2. The fourth-order valence-corrected chi connectivity index (χ4v) is 3.43. The SMILES string of the molecule is C=C1CCC[C@@]1(O)C#Cc1cccc(-n2nc(C(N)=O)c3ccccc32)c1. The van der Waals surface area contributed by atoms with E-state index in [0.717, 1.165) is 35.2 Å². The summed E-state index contributed by atoms with van der Waals surface area (Å²) in [6.45, 7) is 3.93. The third kappa shape index (κ3) is 3.01. The second-order valence-electron chi connectivity index (χ2n) is 6.76. The van der Waals surface area contributed by atoms with Crippen molar-refractivity contribution in [2.24, 2.45) is 5.73 Å². The van der Waals surface area contributed by atoms with Gasteiger partial charge in [0.1, 0.15) is 5.60 Å². The summed E-state index contributed by atoms with van der Waals surface area (Å²) in [4.78, 5) is 11.7. The Balaban J connectivity index is 1.77. The molecule has 0 spiro atoms. The molecule has 3 aromatic rings. The smallest absolute Gasteiger partial charge is 0.269 e. The third-order valence-corrected chi connectivity index (χ3v) is 4.93. The van der Waals surface area contributed by atoms with E-state index >= 15 is 0 Å². The first-order chi connectivity index (χ1) is 13.0. The number of primary amides is 1. The third-order valence-electron chi connectivity index (χ3n) is 4.93. The lowest BCUT2D eigenvalue weighted by atomic mass is 9.98. The molecule has 2 aromatic carbocycles. The first-order valence-electron chi connectivity index (χ1n) is 8.80. The summed E-state index contributed by atoms with van der Waals surface area (Å²) in [5, 5.41) is 15.7. The van der Waals surface area contributed by atoms with Gasteiger partial charge in [0.2, 0.25) is 0 Å². The van der Waals surface area contributed by atoms with E-state index in [1.54, 1.807) is 4.68 Å². The Hall–Kier alpha value is -3.36. The van der Waals surface area contributed by atoms with Crippen molar-refractivity contribution in [3.63, 3.8) is 0 Å². The predicted molar refractivity (Wildman–Crippen MR) is 104 cm³/mol. The molecule has 1 atom stereocenters. The standard InChI is InChI=1S/C22H19N3O2/c1-15-6-5-12-22(15,27)13-11-16-7-4-8-17(14-16)25-19-10-3-2-9-18(19)20(24-25)21(23)26/h2-4,7-10,14,27H,1,5-6,12H2,(H2,23,26)/t22-/m1/s1. The molecule has 27 heavy (non-hydrogen) atoms. The molecule has 5 nitrogen and oxygen atoms in total. The highest BCUT2D eigenvalue weighted by molar-refractivity contribution is 6.04. The van der Waals surface area contributed by atoms with Gasteiger partial charge >= 0.3 is 0 Å². The second-order valence-corrected chi connectivity index (χ2v) is 6.76. The minimum atomic E-state index is -1.10. The average Bonchev–Trinajstić information content (AvgIpc) is 3.22. The molecular weight excluding hydrogens is 338 g/mol. The molecule has 1 aromatic heterocycles. The summed E-state index contributed by atoms with van der Waals surface area (Å²) >= 11 is 0. The van der Waals surface area contributed by atoms with Crippen LogP contribution in [0.15, 0.2) is 60.7 Å². The van der Waals surface area contributed by atoms with E-state index in [1.165, 1.54) is 0 Å². The molecule has 5 heteroatoms. The van der Waals surface area contributed by atoms with E-state index in [1.807, 2.05) is 48.5 Å². The number of benzene rings is 2. The van der Waals surface area contributed by atoms with Crippen molar-refractivity contribution in [2.75, 3.05) is 0 Å². The first kappa shape index (κ1) is 17.1. The van der Waals surface area contributed by atoms with Crippen molar-refractivity contribution >= 4 is 16.8 Å². The van der Waals surface area contributed by atoms with Crippen LogP contribution in [0.3, 0.4) is 0 Å². The number of para-hydroxylation sites is 1. The number of carbonyl (C=O) groups is 1. The zero-order valence-corrected chi connectivity index (χ0v) is 14.8. The number of hydrogen-bond donors (Lipinski definition) is 2. The predicted octanol–water partition coefficient (Wildman–Crippen LogP) is 2.95. The molecule has 1 aliphatic carbocycles. The normalized spacial score (nSPS) is 19.1. The molecule has 0 unspecified atom stereocenters. The van der Waals surface area contributed by atoms with Gasteiger partial charge in [0, 0.05) is 10.9 Å². The Bertz CT molecular complexity index is 1130. The van der Waals surface area contributed by atoms with Crippen LogP contribution in [0.2, 0.25) is 0 Å². The number of fused-ring (bicyclic) bond motifs is 1. The number of hydrogen-bond acceptors (Lipinski definition) is 3. The first-order valence-corrected chi connectivity index (χ1v) is 8.80. The highest BCUT2D eigenvalue weighted by Gasteiger charge is 2.32. The van der Waals surface area contributed by atoms with Crippen LogP contribution in [0.25, 0.3) is 16.6 Å². The number of nitrogens with two attached hydrogens (primary N) is 1. The van der Waals surface area contributed by atoms with Crippen molar-refractivity contribution in [2.45, 2.75) is 24.9 Å². The highest BCUT2D eigenvalue weighted by atomic mass is 16.3. The molecule has 4 rings (SSSR count). The van der Waals surface area contributed by atoms with Gasteiger partial charge in [0.25, 0.3) is 5.91 Å². The van der Waals surface area contributed by atoms with Crippen molar-refractivity contribution in [1.29, 1.82) is 0 Å². The number of rotatable bonds is 2. The van der Waals surface area contributed by atoms with Gasteiger partial charge in [-0.2, -0.15) is 5.10 Å². The molecule has 3 N–H and O–H groups in total. The maximum absolute atomic E-state index is 11.7. The zero-order chi connectivity index (χ0) is 19.0. The van der Waals surface area contributed by atoms with Crippen molar-refractivity contribution < 1.29 is 9.90 Å². The summed E-state index contributed by atoms with van der Waals surface area (Å²) < 4.78 is 1.68. The molecule has 1 heterocycles. The van der Waals surface area contributed by atoms with E-state index < -0.39 is 11.5 Å². The lowest BCUT2D eigenvalue weighted by molar-refractivity contribution is 0.0996. The van der Waals surface area contributed by atoms with E-state index in [4.69, 9.17) is 5.73 Å². The molecule has 134 valence electrons. The number of aliphatic hydroxyl groups is 1. The maximum atomic E-state index is 11.7. The minimum Gasteiger partial charge on any atom is -0.374 e. The van der Waals surface area contributed by atoms with Crippen LogP contribution in [-0.2, 0) is 0 Å². The monoisotopic (exact) mass is 357 g/mol. The van der Waals surface area contributed by atoms with Crippen LogP contribution in [0.5, 0.6) is 0 Å². The van der Waals surface area contributed by atoms with Gasteiger partial charge in [0.05, 0.1) is 11.2 Å². The number of amides is 1. The molecule has 0 aliphatic heterocycles. The van der Waals surface area contributed by atoms with Crippen molar-refractivity contribution in [1.82, 2.24) is 9.78 Å². The average molecular weight is 357 g/mol. The lowest BCUT2D eigenvalue weighted by Gasteiger charge is -2.15. The Labute approximate surface area is 157 Å². The largest absolute Gasteiger partial charge is 0.374 e. The molecular formula is C22H19N3O2. The van der Waals surface area contributed by atoms with E-state index in [-0.39, 0.29) is 5.69 Å². The highest BCUT2D eigenvalue weighted by Crippen LogP contribution is 2.33. The van der Waals surface area contributed by atoms with Crippen molar-refractivity contribution in [3.05, 3.63) is 71.9 Å². The van der Waals surface area contributed by atoms with Gasteiger partial charge < -0.3 is 10.8 Å². The van der Waals surface area contributed by atoms with Gasteiger partial charge in [-0.1, -0.05) is 42.7 Å². The van der Waals surface area contributed by atoms with E-state index in [2.05, 4.69) is 23.5 Å². The quantitative estimate of drug-likeness (QED) is 0.546. The summed E-state index contributed by atoms with van der Waals surface area (Å²) in [5.74, 6) is 5.45. The van der Waals surface area contributed by atoms with Crippen LogP contribution in [0, 0.1) is 11.8 Å². The molecule has 1 amide bonds.